The van der Waals surface area contributed by atoms with Crippen LogP contribution < -0.4 is 15.2 Å². The second-order valence-electron chi connectivity index (χ2n) is 4.46. The van der Waals surface area contributed by atoms with E-state index in [2.05, 4.69) is 0 Å². The molecule has 1 aromatic rings. The molecule has 0 heterocycles. The van der Waals surface area contributed by atoms with E-state index in [-0.39, 0.29) is 0 Å². The second-order valence-corrected chi connectivity index (χ2v) is 4.46. The van der Waals surface area contributed by atoms with E-state index in [1.807, 2.05) is 26.0 Å². The van der Waals surface area contributed by atoms with Crippen molar-refractivity contribution in [2.24, 2.45) is 5.73 Å². The van der Waals surface area contributed by atoms with Crippen molar-refractivity contribution in [3.63, 3.8) is 0 Å². The van der Waals surface area contributed by atoms with Gasteiger partial charge in [0.2, 0.25) is 0 Å². The van der Waals surface area contributed by atoms with Crippen molar-refractivity contribution in [3.8, 4) is 11.5 Å². The molecule has 1 aromatic carbocycles. The van der Waals surface area contributed by atoms with Gasteiger partial charge in [0.05, 0.1) is 31.9 Å². The van der Waals surface area contributed by atoms with Gasteiger partial charge in [-0.05, 0) is 31.0 Å². The Morgan fingerprint density at radius 1 is 1.22 bits per heavy atom. The van der Waals surface area contributed by atoms with E-state index in [1.54, 1.807) is 14.2 Å². The van der Waals surface area contributed by atoms with Gasteiger partial charge in [0.15, 0.2) is 0 Å². The molecule has 1 rings (SSSR count). The first-order chi connectivity index (χ1) is 8.54. The fourth-order valence-electron chi connectivity index (χ4n) is 2.07. The average Bonchev–Trinajstić information content (AvgIpc) is 2.36. The molecule has 0 bridgehead atoms. The van der Waals surface area contributed by atoms with Crippen molar-refractivity contribution in [1.29, 1.82) is 0 Å². The van der Waals surface area contributed by atoms with Crippen LogP contribution in [-0.4, -0.2) is 25.4 Å². The van der Waals surface area contributed by atoms with Gasteiger partial charge in [-0.1, -0.05) is 13.3 Å². The summed E-state index contributed by atoms with van der Waals surface area (Å²) in [5, 5.41) is 10.0. The predicted molar refractivity (Wildman–Crippen MR) is 72.1 cm³/mol. The zero-order valence-corrected chi connectivity index (χ0v) is 11.6. The molecule has 0 saturated heterocycles. The molecule has 0 unspecified atom stereocenters. The second kappa shape index (κ2) is 6.61. The molecule has 0 aliphatic heterocycles. The SMILES string of the molecule is CCC[C@H](O)[C@H](N)c1c(OC)cc(C)cc1OC. The van der Waals surface area contributed by atoms with Gasteiger partial charge in [0.1, 0.15) is 11.5 Å². The number of aliphatic hydroxyl groups is 1. The van der Waals surface area contributed by atoms with E-state index in [4.69, 9.17) is 15.2 Å². The number of benzene rings is 1. The number of ether oxygens (including phenoxy) is 2. The van der Waals surface area contributed by atoms with Crippen molar-refractivity contribution in [2.75, 3.05) is 14.2 Å². The molecule has 0 radical (unpaired) electrons. The molecule has 0 aliphatic carbocycles. The molecule has 3 N–H and O–H groups in total. The van der Waals surface area contributed by atoms with E-state index < -0.39 is 12.1 Å². The minimum atomic E-state index is -0.597. The molecule has 102 valence electrons. The summed E-state index contributed by atoms with van der Waals surface area (Å²) in [4.78, 5) is 0. The first kappa shape index (κ1) is 14.8. The molecule has 4 nitrogen and oxygen atoms in total. The highest BCUT2D eigenvalue weighted by atomic mass is 16.5. The molecule has 0 saturated carbocycles. The Balaban J connectivity index is 3.19. The van der Waals surface area contributed by atoms with Gasteiger partial charge in [-0.15, -0.1) is 0 Å². The van der Waals surface area contributed by atoms with Crippen LogP contribution in [0.5, 0.6) is 11.5 Å². The first-order valence-corrected chi connectivity index (χ1v) is 6.21. The lowest BCUT2D eigenvalue weighted by Crippen LogP contribution is -2.27. The quantitative estimate of drug-likeness (QED) is 0.815. The van der Waals surface area contributed by atoms with Crippen molar-refractivity contribution < 1.29 is 14.6 Å². The Bertz CT molecular complexity index is 368. The van der Waals surface area contributed by atoms with E-state index in [0.717, 1.165) is 17.5 Å². The van der Waals surface area contributed by atoms with E-state index in [0.29, 0.717) is 17.9 Å². The summed E-state index contributed by atoms with van der Waals surface area (Å²) in [6.07, 6.45) is 0.938. The Labute approximate surface area is 109 Å². The number of aliphatic hydroxyl groups excluding tert-OH is 1. The van der Waals surface area contributed by atoms with Gasteiger partial charge < -0.3 is 20.3 Å². The minimum Gasteiger partial charge on any atom is -0.496 e. The molecule has 0 amide bonds. The summed E-state index contributed by atoms with van der Waals surface area (Å²) in [7, 11) is 3.19. The molecule has 18 heavy (non-hydrogen) atoms. The monoisotopic (exact) mass is 253 g/mol. The maximum Gasteiger partial charge on any atom is 0.127 e. The summed E-state index contributed by atoms with van der Waals surface area (Å²) in [6.45, 7) is 3.97. The van der Waals surface area contributed by atoms with E-state index in [1.165, 1.54) is 0 Å². The van der Waals surface area contributed by atoms with Crippen LogP contribution in [0.3, 0.4) is 0 Å². The number of rotatable bonds is 6. The predicted octanol–water partition coefficient (Wildman–Crippen LogP) is 2.17. The van der Waals surface area contributed by atoms with Crippen LogP contribution in [0, 0.1) is 6.92 Å². The maximum absolute atomic E-state index is 10.0. The molecule has 0 spiro atoms. The number of nitrogens with two attached hydrogens (primary N) is 1. The summed E-state index contributed by atoms with van der Waals surface area (Å²) in [5.41, 5.74) is 7.88. The maximum atomic E-state index is 10.0. The lowest BCUT2D eigenvalue weighted by atomic mass is 9.96. The summed E-state index contributed by atoms with van der Waals surface area (Å²) >= 11 is 0. The summed E-state index contributed by atoms with van der Waals surface area (Å²) < 4.78 is 10.7. The van der Waals surface area contributed by atoms with Crippen molar-refractivity contribution in [2.45, 2.75) is 38.8 Å². The van der Waals surface area contributed by atoms with E-state index >= 15 is 0 Å². The van der Waals surface area contributed by atoms with Crippen LogP contribution in [-0.2, 0) is 0 Å². The highest BCUT2D eigenvalue weighted by molar-refractivity contribution is 5.50. The molecule has 0 aromatic heterocycles. The van der Waals surface area contributed by atoms with Crippen molar-refractivity contribution >= 4 is 0 Å². The zero-order valence-electron chi connectivity index (χ0n) is 11.6. The van der Waals surface area contributed by atoms with Crippen LogP contribution in [0.25, 0.3) is 0 Å². The lowest BCUT2D eigenvalue weighted by Gasteiger charge is -2.23. The largest absolute Gasteiger partial charge is 0.496 e. The standard InChI is InChI=1S/C14H23NO3/c1-5-6-10(16)14(15)13-11(17-3)7-9(2)8-12(13)18-4/h7-8,10,14,16H,5-6,15H2,1-4H3/t10-,14-/m0/s1. The van der Waals surface area contributed by atoms with Crippen LogP contribution >= 0.6 is 0 Å². The molecule has 4 heteroatoms. The third-order valence-corrected chi connectivity index (χ3v) is 3.02. The Kier molecular flexibility index (Phi) is 5.44. The summed E-state index contributed by atoms with van der Waals surface area (Å²) in [5.74, 6) is 1.32. The van der Waals surface area contributed by atoms with Gasteiger partial charge >= 0.3 is 0 Å². The number of hydrogen-bond acceptors (Lipinski definition) is 4. The Hall–Kier alpha value is -1.26. The third-order valence-electron chi connectivity index (χ3n) is 3.02. The van der Waals surface area contributed by atoms with Gasteiger partial charge in [0.25, 0.3) is 0 Å². The molecule has 2 atom stereocenters. The normalized spacial score (nSPS) is 14.1. The molecular formula is C14H23NO3. The highest BCUT2D eigenvalue weighted by Gasteiger charge is 2.24. The molecular weight excluding hydrogens is 230 g/mol. The zero-order chi connectivity index (χ0) is 13.7. The van der Waals surface area contributed by atoms with Crippen LogP contribution in [0.2, 0.25) is 0 Å². The molecule has 0 fully saturated rings. The van der Waals surface area contributed by atoms with Crippen molar-refractivity contribution in [3.05, 3.63) is 23.3 Å². The average molecular weight is 253 g/mol. The highest BCUT2D eigenvalue weighted by Crippen LogP contribution is 2.36. The number of hydrogen-bond donors (Lipinski definition) is 2. The Morgan fingerprint density at radius 3 is 2.11 bits per heavy atom. The van der Waals surface area contributed by atoms with Gasteiger partial charge in [-0.3, -0.25) is 0 Å². The first-order valence-electron chi connectivity index (χ1n) is 6.21. The number of aryl methyl sites for hydroxylation is 1. The van der Waals surface area contributed by atoms with Crippen LogP contribution in [0.1, 0.15) is 36.9 Å². The minimum absolute atomic E-state index is 0.504. The smallest absolute Gasteiger partial charge is 0.127 e. The van der Waals surface area contributed by atoms with Crippen LogP contribution in [0.4, 0.5) is 0 Å². The fraction of sp³-hybridized carbons (Fsp3) is 0.571. The van der Waals surface area contributed by atoms with Gasteiger partial charge in [-0.25, -0.2) is 0 Å². The third kappa shape index (κ3) is 3.15. The molecule has 0 aliphatic rings. The van der Waals surface area contributed by atoms with Gasteiger partial charge in [0, 0.05) is 0 Å². The van der Waals surface area contributed by atoms with Gasteiger partial charge in [-0.2, -0.15) is 0 Å². The number of methoxy groups -OCH3 is 2. The summed E-state index contributed by atoms with van der Waals surface area (Å²) in [6, 6.07) is 3.29. The van der Waals surface area contributed by atoms with Crippen molar-refractivity contribution in [1.82, 2.24) is 0 Å². The lowest BCUT2D eigenvalue weighted by molar-refractivity contribution is 0.131. The van der Waals surface area contributed by atoms with Crippen LogP contribution in [0.15, 0.2) is 12.1 Å². The topological polar surface area (TPSA) is 64.7 Å². The van der Waals surface area contributed by atoms with E-state index in [9.17, 15) is 5.11 Å². The fourth-order valence-corrected chi connectivity index (χ4v) is 2.07. The Morgan fingerprint density at radius 2 is 1.72 bits per heavy atom.